The van der Waals surface area contributed by atoms with Crippen LogP contribution < -0.4 is 4.74 Å². The van der Waals surface area contributed by atoms with E-state index < -0.39 is 0 Å². The van der Waals surface area contributed by atoms with Crippen molar-refractivity contribution in [1.29, 1.82) is 0 Å². The van der Waals surface area contributed by atoms with Crippen molar-refractivity contribution in [1.82, 2.24) is 15.0 Å². The van der Waals surface area contributed by atoms with Crippen LogP contribution in [0.2, 0.25) is 0 Å². The molecule has 5 heteroatoms. The summed E-state index contributed by atoms with van der Waals surface area (Å²) in [5.74, 6) is 0.761. The van der Waals surface area contributed by atoms with Crippen molar-refractivity contribution in [2.45, 2.75) is 0 Å². The monoisotopic (exact) mass is 371 g/mol. The zero-order valence-corrected chi connectivity index (χ0v) is 15.7. The van der Waals surface area contributed by atoms with Gasteiger partial charge in [0, 0.05) is 13.2 Å². The molecule has 1 heterocycles. The summed E-state index contributed by atoms with van der Waals surface area (Å²) in [5.41, 5.74) is 5.11. The van der Waals surface area contributed by atoms with Gasteiger partial charge < -0.3 is 9.47 Å². The summed E-state index contributed by atoms with van der Waals surface area (Å²) in [5, 5.41) is 8.96. The maximum atomic E-state index is 5.62. The molecule has 3 aromatic carbocycles. The number of hydrogen-bond acceptors (Lipinski definition) is 4. The first kappa shape index (κ1) is 17.9. The van der Waals surface area contributed by atoms with Crippen LogP contribution in [0, 0.1) is 0 Å². The van der Waals surface area contributed by atoms with E-state index >= 15 is 0 Å². The maximum absolute atomic E-state index is 5.62. The molecule has 0 fully saturated rings. The Balaban J connectivity index is 1.47. The Kier molecular flexibility index (Phi) is 5.45. The Labute approximate surface area is 163 Å². The van der Waals surface area contributed by atoms with E-state index in [1.165, 1.54) is 11.1 Å². The summed E-state index contributed by atoms with van der Waals surface area (Å²) in [6.07, 6.45) is 3.84. The predicted octanol–water partition coefficient (Wildman–Crippen LogP) is 4.75. The molecule has 4 aromatic rings. The van der Waals surface area contributed by atoms with Gasteiger partial charge in [-0.25, -0.2) is 0 Å². The average Bonchev–Trinajstić information content (AvgIpc) is 3.16. The van der Waals surface area contributed by atoms with E-state index in [4.69, 9.17) is 9.47 Å². The fourth-order valence-electron chi connectivity index (χ4n) is 2.88. The molecule has 28 heavy (non-hydrogen) atoms. The van der Waals surface area contributed by atoms with Crippen molar-refractivity contribution in [3.8, 4) is 16.9 Å². The second-order valence-corrected chi connectivity index (χ2v) is 6.32. The zero-order valence-electron chi connectivity index (χ0n) is 15.7. The Bertz CT molecular complexity index is 1070. The Morgan fingerprint density at radius 1 is 0.821 bits per heavy atom. The molecule has 0 spiro atoms. The molecule has 0 aliphatic rings. The number of hydrogen-bond donors (Lipinski definition) is 0. The molecule has 5 nitrogen and oxygen atoms in total. The first-order valence-corrected chi connectivity index (χ1v) is 9.14. The molecule has 140 valence electrons. The second kappa shape index (κ2) is 8.50. The topological polar surface area (TPSA) is 49.2 Å². The molecule has 0 amide bonds. The zero-order chi connectivity index (χ0) is 19.2. The van der Waals surface area contributed by atoms with Gasteiger partial charge in [-0.2, -0.15) is 4.80 Å². The van der Waals surface area contributed by atoms with E-state index in [2.05, 4.69) is 46.6 Å². The minimum absolute atomic E-state index is 0.509. The van der Waals surface area contributed by atoms with Gasteiger partial charge in [0.25, 0.3) is 0 Å². The van der Waals surface area contributed by atoms with Gasteiger partial charge in [-0.1, -0.05) is 54.6 Å². The predicted molar refractivity (Wildman–Crippen MR) is 112 cm³/mol. The van der Waals surface area contributed by atoms with Gasteiger partial charge in [-0.3, -0.25) is 0 Å². The average molecular weight is 371 g/mol. The normalized spacial score (nSPS) is 11.3. The van der Waals surface area contributed by atoms with Gasteiger partial charge >= 0.3 is 0 Å². The quantitative estimate of drug-likeness (QED) is 0.440. The van der Waals surface area contributed by atoms with E-state index in [1.54, 1.807) is 11.9 Å². The standard InChI is InChI=1S/C23H21N3O2/c1-27-15-16-28-21-11-12-22-23(17-21)25-26(24-22)14-13-18-7-9-20(10-8-18)19-5-3-2-4-6-19/h2-14,17H,15-16H2,1H3. The number of benzene rings is 3. The summed E-state index contributed by atoms with van der Waals surface area (Å²) >= 11 is 0. The third-order valence-corrected chi connectivity index (χ3v) is 4.34. The van der Waals surface area contributed by atoms with Crippen molar-refractivity contribution in [3.05, 3.63) is 78.4 Å². The highest BCUT2D eigenvalue weighted by Crippen LogP contribution is 2.20. The number of methoxy groups -OCH3 is 1. The number of aromatic nitrogens is 3. The lowest BCUT2D eigenvalue weighted by atomic mass is 10.0. The van der Waals surface area contributed by atoms with Crippen molar-refractivity contribution in [2.24, 2.45) is 0 Å². The molecule has 0 unspecified atom stereocenters. The first-order valence-electron chi connectivity index (χ1n) is 9.14. The van der Waals surface area contributed by atoms with Gasteiger partial charge in [0.1, 0.15) is 23.4 Å². The van der Waals surface area contributed by atoms with Gasteiger partial charge in [0.15, 0.2) is 0 Å². The van der Waals surface area contributed by atoms with E-state index in [0.29, 0.717) is 13.2 Å². The Morgan fingerprint density at radius 2 is 1.57 bits per heavy atom. The van der Waals surface area contributed by atoms with Crippen LogP contribution in [0.4, 0.5) is 0 Å². The van der Waals surface area contributed by atoms with Crippen molar-refractivity contribution < 1.29 is 9.47 Å². The van der Waals surface area contributed by atoms with Crippen molar-refractivity contribution >= 4 is 23.3 Å². The van der Waals surface area contributed by atoms with Gasteiger partial charge in [-0.15, -0.1) is 10.2 Å². The lowest BCUT2D eigenvalue weighted by Crippen LogP contribution is -2.03. The summed E-state index contributed by atoms with van der Waals surface area (Å²) in [4.78, 5) is 1.58. The molecule has 0 atom stereocenters. The molecule has 0 N–H and O–H groups in total. The minimum atomic E-state index is 0.509. The lowest BCUT2D eigenvalue weighted by molar-refractivity contribution is 0.146. The fraction of sp³-hybridized carbons (Fsp3) is 0.130. The molecule has 1 aromatic heterocycles. The van der Waals surface area contributed by atoms with Crippen LogP contribution in [0.1, 0.15) is 5.56 Å². The highest BCUT2D eigenvalue weighted by Gasteiger charge is 2.03. The number of rotatable bonds is 7. The van der Waals surface area contributed by atoms with Gasteiger partial charge in [-0.05, 0) is 34.9 Å². The van der Waals surface area contributed by atoms with Gasteiger partial charge in [0.05, 0.1) is 12.8 Å². The molecule has 0 saturated heterocycles. The van der Waals surface area contributed by atoms with Crippen LogP contribution in [0.15, 0.2) is 72.8 Å². The summed E-state index contributed by atoms with van der Waals surface area (Å²) in [6, 6.07) is 24.4. The summed E-state index contributed by atoms with van der Waals surface area (Å²) in [7, 11) is 1.65. The minimum Gasteiger partial charge on any atom is -0.491 e. The molecule has 0 saturated carbocycles. The second-order valence-electron chi connectivity index (χ2n) is 6.32. The first-order chi connectivity index (χ1) is 13.8. The largest absolute Gasteiger partial charge is 0.491 e. The Hall–Kier alpha value is -3.44. The molecule has 0 aliphatic carbocycles. The summed E-state index contributed by atoms with van der Waals surface area (Å²) < 4.78 is 10.6. The van der Waals surface area contributed by atoms with Crippen LogP contribution >= 0.6 is 0 Å². The smallest absolute Gasteiger partial charge is 0.121 e. The van der Waals surface area contributed by atoms with Crippen molar-refractivity contribution in [3.63, 3.8) is 0 Å². The molecule has 0 radical (unpaired) electrons. The van der Waals surface area contributed by atoms with E-state index in [9.17, 15) is 0 Å². The highest BCUT2D eigenvalue weighted by atomic mass is 16.5. The van der Waals surface area contributed by atoms with Crippen LogP contribution in [-0.2, 0) is 4.74 Å². The lowest BCUT2D eigenvalue weighted by Gasteiger charge is -2.03. The number of ether oxygens (including phenoxy) is 2. The molecule has 0 bridgehead atoms. The Morgan fingerprint density at radius 3 is 2.36 bits per heavy atom. The molecular formula is C23H21N3O2. The van der Waals surface area contributed by atoms with E-state index in [-0.39, 0.29) is 0 Å². The maximum Gasteiger partial charge on any atom is 0.121 e. The van der Waals surface area contributed by atoms with Crippen molar-refractivity contribution in [2.75, 3.05) is 20.3 Å². The van der Waals surface area contributed by atoms with E-state index in [1.807, 2.05) is 48.7 Å². The van der Waals surface area contributed by atoms with Crippen LogP contribution in [0.25, 0.3) is 34.4 Å². The van der Waals surface area contributed by atoms with Crippen LogP contribution in [0.3, 0.4) is 0 Å². The number of nitrogens with zero attached hydrogens (tertiary/aromatic N) is 3. The van der Waals surface area contributed by atoms with Crippen LogP contribution in [0.5, 0.6) is 5.75 Å². The fourth-order valence-corrected chi connectivity index (χ4v) is 2.88. The summed E-state index contributed by atoms with van der Waals surface area (Å²) in [6.45, 7) is 1.06. The van der Waals surface area contributed by atoms with E-state index in [0.717, 1.165) is 22.3 Å². The molecule has 4 rings (SSSR count). The highest BCUT2D eigenvalue weighted by molar-refractivity contribution is 5.76. The van der Waals surface area contributed by atoms with Crippen LogP contribution in [-0.4, -0.2) is 35.3 Å². The SMILES string of the molecule is COCCOc1ccc2nn(C=Cc3ccc(-c4ccccc4)cc3)nc2c1. The number of fused-ring (bicyclic) bond motifs is 1. The molecule has 0 aliphatic heterocycles. The third kappa shape index (κ3) is 4.27. The van der Waals surface area contributed by atoms with Gasteiger partial charge in [0.2, 0.25) is 0 Å². The molecular weight excluding hydrogens is 350 g/mol. The third-order valence-electron chi connectivity index (χ3n) is 4.34.